The third-order valence-electron chi connectivity index (χ3n) is 4.08. The van der Waals surface area contributed by atoms with Gasteiger partial charge in [0.05, 0.1) is 6.10 Å². The topological polar surface area (TPSA) is 93.5 Å². The standard InChI is InChI=1S/C18H27N3O3/c1-11(2)10-20-17(22)13-4-6-15(12(3)8-13)21-18(23)16-7-5-14(9-19)24-16/h4,6,8,11,14,16H,5,7,9-10,19H2,1-3H3,(H,20,22)(H,21,23)/t14-,16+/m1/s1. The van der Waals surface area contributed by atoms with E-state index in [0.29, 0.717) is 36.7 Å². The minimum atomic E-state index is -0.452. The fourth-order valence-corrected chi connectivity index (χ4v) is 2.63. The van der Waals surface area contributed by atoms with Crippen LogP contribution < -0.4 is 16.4 Å². The summed E-state index contributed by atoms with van der Waals surface area (Å²) < 4.78 is 5.60. The first-order valence-electron chi connectivity index (χ1n) is 8.46. The van der Waals surface area contributed by atoms with Crippen LogP contribution in [-0.2, 0) is 9.53 Å². The van der Waals surface area contributed by atoms with Crippen molar-refractivity contribution in [2.45, 2.75) is 45.8 Å². The number of nitrogens with two attached hydrogens (primary N) is 1. The Morgan fingerprint density at radius 3 is 2.67 bits per heavy atom. The van der Waals surface area contributed by atoms with Gasteiger partial charge in [0.15, 0.2) is 0 Å². The van der Waals surface area contributed by atoms with Crippen molar-refractivity contribution < 1.29 is 14.3 Å². The van der Waals surface area contributed by atoms with Gasteiger partial charge in [-0.25, -0.2) is 0 Å². The molecule has 2 amide bonds. The molecule has 6 nitrogen and oxygen atoms in total. The van der Waals surface area contributed by atoms with Gasteiger partial charge in [-0.1, -0.05) is 13.8 Å². The first kappa shape index (κ1) is 18.4. The van der Waals surface area contributed by atoms with Gasteiger partial charge in [-0.2, -0.15) is 0 Å². The summed E-state index contributed by atoms with van der Waals surface area (Å²) in [6.07, 6.45) is 1.01. The van der Waals surface area contributed by atoms with E-state index in [2.05, 4.69) is 10.6 Å². The predicted molar refractivity (Wildman–Crippen MR) is 93.9 cm³/mol. The number of hydrogen-bond donors (Lipinski definition) is 3. The summed E-state index contributed by atoms with van der Waals surface area (Å²) in [5.74, 6) is 0.137. The van der Waals surface area contributed by atoms with Gasteiger partial charge in [0.2, 0.25) is 0 Å². The molecular formula is C18H27N3O3. The SMILES string of the molecule is Cc1cc(C(=O)NCC(C)C)ccc1NC(=O)[C@@H]1CC[C@H](CN)O1. The Kier molecular flexibility index (Phi) is 6.34. The number of hydrogen-bond acceptors (Lipinski definition) is 4. The van der Waals surface area contributed by atoms with E-state index in [-0.39, 0.29) is 17.9 Å². The van der Waals surface area contributed by atoms with E-state index in [4.69, 9.17) is 10.5 Å². The molecule has 1 aromatic rings. The van der Waals surface area contributed by atoms with Crippen LogP contribution in [0.5, 0.6) is 0 Å². The first-order valence-corrected chi connectivity index (χ1v) is 8.46. The molecule has 1 aliphatic rings. The maximum Gasteiger partial charge on any atom is 0.253 e. The van der Waals surface area contributed by atoms with E-state index in [0.717, 1.165) is 12.0 Å². The number of carbonyl (C=O) groups excluding carboxylic acids is 2. The van der Waals surface area contributed by atoms with Gasteiger partial charge < -0.3 is 21.1 Å². The Hall–Kier alpha value is -1.92. The smallest absolute Gasteiger partial charge is 0.253 e. The molecule has 0 bridgehead atoms. The second kappa shape index (κ2) is 8.26. The number of benzene rings is 1. The number of amides is 2. The summed E-state index contributed by atoms with van der Waals surface area (Å²) in [6.45, 7) is 7.03. The van der Waals surface area contributed by atoms with Gasteiger partial charge in [-0.3, -0.25) is 9.59 Å². The average Bonchev–Trinajstić information content (AvgIpc) is 3.03. The van der Waals surface area contributed by atoms with Crippen LogP contribution in [0.2, 0.25) is 0 Å². The second-order valence-corrected chi connectivity index (χ2v) is 6.68. The Labute approximate surface area is 143 Å². The van der Waals surface area contributed by atoms with Crippen molar-refractivity contribution in [2.75, 3.05) is 18.4 Å². The van der Waals surface area contributed by atoms with Crippen molar-refractivity contribution in [3.8, 4) is 0 Å². The lowest BCUT2D eigenvalue weighted by molar-refractivity contribution is -0.126. The fraction of sp³-hybridized carbons (Fsp3) is 0.556. The molecule has 0 spiro atoms. The van der Waals surface area contributed by atoms with Crippen LogP contribution in [0.15, 0.2) is 18.2 Å². The highest BCUT2D eigenvalue weighted by Crippen LogP contribution is 2.22. The molecular weight excluding hydrogens is 306 g/mol. The van der Waals surface area contributed by atoms with Gasteiger partial charge in [-0.05, 0) is 49.4 Å². The molecule has 6 heteroatoms. The van der Waals surface area contributed by atoms with Crippen molar-refractivity contribution in [3.63, 3.8) is 0 Å². The minimum Gasteiger partial charge on any atom is -0.364 e. The van der Waals surface area contributed by atoms with Gasteiger partial charge in [-0.15, -0.1) is 0 Å². The van der Waals surface area contributed by atoms with Crippen molar-refractivity contribution in [2.24, 2.45) is 11.7 Å². The van der Waals surface area contributed by atoms with Crippen molar-refractivity contribution in [1.29, 1.82) is 0 Å². The summed E-state index contributed by atoms with van der Waals surface area (Å²) in [5, 5.41) is 5.76. The Bertz CT molecular complexity index is 601. The minimum absolute atomic E-state index is 0.0334. The van der Waals surface area contributed by atoms with Crippen LogP contribution in [0.4, 0.5) is 5.69 Å². The van der Waals surface area contributed by atoms with E-state index in [9.17, 15) is 9.59 Å². The zero-order chi connectivity index (χ0) is 17.7. The molecule has 2 rings (SSSR count). The third kappa shape index (κ3) is 4.79. The molecule has 0 unspecified atom stereocenters. The fourth-order valence-electron chi connectivity index (χ4n) is 2.63. The summed E-state index contributed by atoms with van der Waals surface area (Å²) in [7, 11) is 0. The van der Waals surface area contributed by atoms with Crippen molar-refractivity contribution in [1.82, 2.24) is 5.32 Å². The summed E-state index contributed by atoms with van der Waals surface area (Å²) >= 11 is 0. The summed E-state index contributed by atoms with van der Waals surface area (Å²) in [6, 6.07) is 5.26. The molecule has 1 heterocycles. The van der Waals surface area contributed by atoms with Crippen LogP contribution in [0.25, 0.3) is 0 Å². The second-order valence-electron chi connectivity index (χ2n) is 6.68. The molecule has 1 saturated heterocycles. The number of ether oxygens (including phenoxy) is 1. The Morgan fingerprint density at radius 2 is 2.08 bits per heavy atom. The molecule has 132 valence electrons. The zero-order valence-corrected chi connectivity index (χ0v) is 14.6. The molecule has 0 saturated carbocycles. The Morgan fingerprint density at radius 1 is 1.33 bits per heavy atom. The molecule has 2 atom stereocenters. The highest BCUT2D eigenvalue weighted by Gasteiger charge is 2.30. The molecule has 24 heavy (non-hydrogen) atoms. The van der Waals surface area contributed by atoms with Crippen LogP contribution in [0.1, 0.15) is 42.6 Å². The molecule has 1 fully saturated rings. The lowest BCUT2D eigenvalue weighted by atomic mass is 10.1. The molecule has 1 aliphatic heterocycles. The van der Waals surface area contributed by atoms with E-state index in [1.165, 1.54) is 0 Å². The quantitative estimate of drug-likeness (QED) is 0.740. The van der Waals surface area contributed by atoms with Crippen molar-refractivity contribution in [3.05, 3.63) is 29.3 Å². The number of rotatable bonds is 6. The predicted octanol–water partition coefficient (Wildman–Crippen LogP) is 1.83. The van der Waals surface area contributed by atoms with Gasteiger partial charge in [0.1, 0.15) is 6.10 Å². The molecule has 0 radical (unpaired) electrons. The molecule has 1 aromatic carbocycles. The first-order chi connectivity index (χ1) is 11.4. The lowest BCUT2D eigenvalue weighted by Gasteiger charge is -2.15. The molecule has 4 N–H and O–H groups in total. The average molecular weight is 333 g/mol. The van der Waals surface area contributed by atoms with Crippen LogP contribution in [-0.4, -0.2) is 37.1 Å². The highest BCUT2D eigenvalue weighted by atomic mass is 16.5. The number of nitrogens with one attached hydrogen (secondary N) is 2. The normalized spacial score (nSPS) is 20.2. The van der Waals surface area contributed by atoms with E-state index < -0.39 is 6.10 Å². The van der Waals surface area contributed by atoms with Crippen LogP contribution in [0, 0.1) is 12.8 Å². The lowest BCUT2D eigenvalue weighted by Crippen LogP contribution is -2.30. The van der Waals surface area contributed by atoms with E-state index in [1.54, 1.807) is 18.2 Å². The van der Waals surface area contributed by atoms with Crippen LogP contribution in [0.3, 0.4) is 0 Å². The number of anilines is 1. The van der Waals surface area contributed by atoms with Gasteiger partial charge >= 0.3 is 0 Å². The maximum absolute atomic E-state index is 12.3. The highest BCUT2D eigenvalue weighted by molar-refractivity contribution is 5.97. The van der Waals surface area contributed by atoms with Crippen LogP contribution >= 0.6 is 0 Å². The largest absolute Gasteiger partial charge is 0.364 e. The summed E-state index contributed by atoms with van der Waals surface area (Å²) in [4.78, 5) is 24.4. The molecule has 0 aromatic heterocycles. The van der Waals surface area contributed by atoms with Crippen molar-refractivity contribution >= 4 is 17.5 Å². The van der Waals surface area contributed by atoms with Gasteiger partial charge in [0.25, 0.3) is 11.8 Å². The zero-order valence-electron chi connectivity index (χ0n) is 14.6. The number of carbonyl (C=O) groups is 2. The third-order valence-corrected chi connectivity index (χ3v) is 4.08. The maximum atomic E-state index is 12.3. The monoisotopic (exact) mass is 333 g/mol. The van der Waals surface area contributed by atoms with Gasteiger partial charge in [0, 0.05) is 24.3 Å². The number of aryl methyl sites for hydroxylation is 1. The van der Waals surface area contributed by atoms with E-state index >= 15 is 0 Å². The summed E-state index contributed by atoms with van der Waals surface area (Å²) in [5.41, 5.74) is 7.69. The van der Waals surface area contributed by atoms with E-state index in [1.807, 2.05) is 20.8 Å². The Balaban J connectivity index is 1.97. The molecule has 0 aliphatic carbocycles.